The van der Waals surface area contributed by atoms with E-state index in [-0.39, 0.29) is 17.7 Å². The second-order valence-electron chi connectivity index (χ2n) is 7.83. The van der Waals surface area contributed by atoms with Gasteiger partial charge in [0.25, 0.3) is 5.91 Å². The standard InChI is InChI=1S/C22H24ClN3O3/c1-14(2)19-11-20(29-25-19)22(27)26-8-4-6-16(13-26)21-24-12-18(28-21)10-15-5-3-7-17(23)9-15/h3,5,7,9,11-12,14,16H,4,6,8,10,13H2,1-2H3/t16-/m0/s1. The molecule has 0 spiro atoms. The molecule has 0 saturated carbocycles. The van der Waals surface area contributed by atoms with E-state index < -0.39 is 0 Å². The lowest BCUT2D eigenvalue weighted by Gasteiger charge is -2.30. The normalized spacial score (nSPS) is 17.1. The Morgan fingerprint density at radius 3 is 2.97 bits per heavy atom. The van der Waals surface area contributed by atoms with E-state index in [1.807, 2.05) is 38.1 Å². The maximum absolute atomic E-state index is 12.8. The molecule has 1 aliphatic rings. The van der Waals surface area contributed by atoms with Crippen molar-refractivity contribution in [1.82, 2.24) is 15.0 Å². The first kappa shape index (κ1) is 19.7. The third-order valence-electron chi connectivity index (χ3n) is 5.23. The fraction of sp³-hybridized carbons (Fsp3) is 0.409. The van der Waals surface area contributed by atoms with Gasteiger partial charge in [0.15, 0.2) is 5.89 Å². The monoisotopic (exact) mass is 413 g/mol. The predicted octanol–water partition coefficient (Wildman–Crippen LogP) is 5.05. The lowest BCUT2D eigenvalue weighted by molar-refractivity contribution is 0.0656. The summed E-state index contributed by atoms with van der Waals surface area (Å²) in [6.45, 7) is 5.30. The fourth-order valence-corrected chi connectivity index (χ4v) is 3.83. The quantitative estimate of drug-likeness (QED) is 0.585. The third-order valence-corrected chi connectivity index (χ3v) is 5.46. The van der Waals surface area contributed by atoms with Crippen molar-refractivity contribution in [2.75, 3.05) is 13.1 Å². The molecule has 4 rings (SSSR count). The topological polar surface area (TPSA) is 72.4 Å². The fourth-order valence-electron chi connectivity index (χ4n) is 3.62. The van der Waals surface area contributed by atoms with Crippen LogP contribution in [-0.4, -0.2) is 34.0 Å². The molecule has 0 unspecified atom stereocenters. The maximum atomic E-state index is 12.8. The van der Waals surface area contributed by atoms with Gasteiger partial charge in [0.05, 0.1) is 17.8 Å². The second kappa shape index (κ2) is 8.41. The number of rotatable bonds is 5. The van der Waals surface area contributed by atoms with Gasteiger partial charge in [0, 0.05) is 30.6 Å². The lowest BCUT2D eigenvalue weighted by Crippen LogP contribution is -2.39. The molecule has 29 heavy (non-hydrogen) atoms. The molecular weight excluding hydrogens is 390 g/mol. The highest BCUT2D eigenvalue weighted by Crippen LogP contribution is 2.28. The number of carbonyl (C=O) groups excluding carboxylic acids is 1. The Labute approximate surface area is 174 Å². The summed E-state index contributed by atoms with van der Waals surface area (Å²) >= 11 is 6.06. The van der Waals surface area contributed by atoms with Gasteiger partial charge in [0.1, 0.15) is 5.76 Å². The Morgan fingerprint density at radius 1 is 1.34 bits per heavy atom. The molecule has 0 bridgehead atoms. The van der Waals surface area contributed by atoms with Crippen LogP contribution in [0.5, 0.6) is 0 Å². The van der Waals surface area contributed by atoms with E-state index in [2.05, 4.69) is 10.1 Å². The van der Waals surface area contributed by atoms with Crippen molar-refractivity contribution in [3.8, 4) is 0 Å². The van der Waals surface area contributed by atoms with Gasteiger partial charge in [-0.15, -0.1) is 0 Å². The van der Waals surface area contributed by atoms with Gasteiger partial charge < -0.3 is 13.8 Å². The predicted molar refractivity (Wildman–Crippen MR) is 109 cm³/mol. The highest BCUT2D eigenvalue weighted by molar-refractivity contribution is 6.30. The summed E-state index contributed by atoms with van der Waals surface area (Å²) in [5.41, 5.74) is 1.87. The number of likely N-dealkylation sites (tertiary alicyclic amines) is 1. The van der Waals surface area contributed by atoms with Crippen molar-refractivity contribution in [2.45, 2.75) is 44.9 Å². The molecule has 0 aliphatic carbocycles. The van der Waals surface area contributed by atoms with Crippen molar-refractivity contribution in [2.24, 2.45) is 0 Å². The Bertz CT molecular complexity index is 995. The number of aromatic nitrogens is 2. The van der Waals surface area contributed by atoms with Gasteiger partial charge in [0.2, 0.25) is 5.76 Å². The van der Waals surface area contributed by atoms with Crippen LogP contribution in [0.1, 0.15) is 72.0 Å². The average molecular weight is 414 g/mol. The van der Waals surface area contributed by atoms with Crippen LogP contribution in [-0.2, 0) is 6.42 Å². The molecule has 0 N–H and O–H groups in total. The minimum Gasteiger partial charge on any atom is -0.445 e. The minimum atomic E-state index is -0.125. The van der Waals surface area contributed by atoms with Gasteiger partial charge >= 0.3 is 0 Å². The van der Waals surface area contributed by atoms with Crippen molar-refractivity contribution in [1.29, 1.82) is 0 Å². The van der Waals surface area contributed by atoms with Crippen LogP contribution in [0.15, 0.2) is 45.5 Å². The van der Waals surface area contributed by atoms with Crippen LogP contribution in [0.4, 0.5) is 0 Å². The van der Waals surface area contributed by atoms with Crippen molar-refractivity contribution >= 4 is 17.5 Å². The zero-order chi connectivity index (χ0) is 20.4. The summed E-state index contributed by atoms with van der Waals surface area (Å²) in [5.74, 6) is 1.94. The Hall–Kier alpha value is -2.60. The molecule has 3 heterocycles. The van der Waals surface area contributed by atoms with Gasteiger partial charge in [-0.05, 0) is 36.5 Å². The highest BCUT2D eigenvalue weighted by atomic mass is 35.5. The van der Waals surface area contributed by atoms with E-state index in [4.69, 9.17) is 20.5 Å². The molecule has 1 atom stereocenters. The summed E-state index contributed by atoms with van der Waals surface area (Å²) in [5, 5.41) is 4.70. The molecule has 1 saturated heterocycles. The smallest absolute Gasteiger partial charge is 0.292 e. The van der Waals surface area contributed by atoms with E-state index in [0.717, 1.165) is 29.9 Å². The van der Waals surface area contributed by atoms with Crippen LogP contribution < -0.4 is 0 Å². The summed E-state index contributed by atoms with van der Waals surface area (Å²) in [4.78, 5) is 19.1. The lowest BCUT2D eigenvalue weighted by atomic mass is 9.97. The summed E-state index contributed by atoms with van der Waals surface area (Å²) < 4.78 is 11.3. The molecule has 2 aromatic heterocycles. The van der Waals surface area contributed by atoms with Crippen LogP contribution in [0.3, 0.4) is 0 Å². The van der Waals surface area contributed by atoms with Crippen molar-refractivity contribution in [3.05, 3.63) is 70.2 Å². The summed E-state index contributed by atoms with van der Waals surface area (Å²) in [6, 6.07) is 9.45. The van der Waals surface area contributed by atoms with Gasteiger partial charge in [-0.2, -0.15) is 0 Å². The second-order valence-corrected chi connectivity index (χ2v) is 8.27. The van der Waals surface area contributed by atoms with E-state index in [0.29, 0.717) is 36.2 Å². The summed E-state index contributed by atoms with van der Waals surface area (Å²) in [6.07, 6.45) is 4.24. The molecule has 152 valence electrons. The van der Waals surface area contributed by atoms with Gasteiger partial charge in [-0.25, -0.2) is 4.98 Å². The number of nitrogens with zero attached hydrogens (tertiary/aromatic N) is 3. The van der Waals surface area contributed by atoms with Gasteiger partial charge in [-0.3, -0.25) is 4.79 Å². The maximum Gasteiger partial charge on any atom is 0.292 e. The van der Waals surface area contributed by atoms with E-state index in [1.54, 1.807) is 17.2 Å². The Balaban J connectivity index is 1.43. The number of benzene rings is 1. The number of hydrogen-bond donors (Lipinski definition) is 0. The first-order valence-electron chi connectivity index (χ1n) is 9.94. The van der Waals surface area contributed by atoms with E-state index in [9.17, 15) is 4.79 Å². The third kappa shape index (κ3) is 4.53. The largest absolute Gasteiger partial charge is 0.445 e. The zero-order valence-electron chi connectivity index (χ0n) is 16.6. The number of carbonyl (C=O) groups is 1. The molecule has 1 amide bonds. The SMILES string of the molecule is CC(C)c1cc(C(=O)N2CCC[C@H](c3ncc(Cc4cccc(Cl)c4)o3)C2)on1. The number of oxazole rings is 1. The van der Waals surface area contributed by atoms with Crippen molar-refractivity contribution in [3.63, 3.8) is 0 Å². The van der Waals surface area contributed by atoms with Crippen LogP contribution in [0.2, 0.25) is 5.02 Å². The first-order valence-corrected chi connectivity index (χ1v) is 10.3. The average Bonchev–Trinajstić information content (AvgIpc) is 3.37. The molecule has 1 aliphatic heterocycles. The van der Waals surface area contributed by atoms with Gasteiger partial charge in [-0.1, -0.05) is 42.7 Å². The number of hydrogen-bond acceptors (Lipinski definition) is 5. The minimum absolute atomic E-state index is 0.0771. The number of piperidine rings is 1. The number of amides is 1. The molecular formula is C22H24ClN3O3. The van der Waals surface area contributed by atoms with Crippen molar-refractivity contribution < 1.29 is 13.7 Å². The van der Waals surface area contributed by atoms with E-state index in [1.165, 1.54) is 0 Å². The van der Waals surface area contributed by atoms with Crippen LogP contribution >= 0.6 is 11.6 Å². The highest BCUT2D eigenvalue weighted by Gasteiger charge is 2.30. The summed E-state index contributed by atoms with van der Waals surface area (Å²) in [7, 11) is 0. The zero-order valence-corrected chi connectivity index (χ0v) is 17.4. The van der Waals surface area contributed by atoms with Crippen LogP contribution in [0.25, 0.3) is 0 Å². The first-order chi connectivity index (χ1) is 14.0. The molecule has 1 fully saturated rings. The molecule has 6 nitrogen and oxygen atoms in total. The molecule has 0 radical (unpaired) electrons. The number of halogens is 1. The molecule has 7 heteroatoms. The van der Waals surface area contributed by atoms with Crippen LogP contribution in [0, 0.1) is 0 Å². The van der Waals surface area contributed by atoms with E-state index >= 15 is 0 Å². The molecule has 3 aromatic rings. The Kier molecular flexibility index (Phi) is 5.72. The Morgan fingerprint density at radius 2 is 2.21 bits per heavy atom. The molecule has 1 aromatic carbocycles.